The Morgan fingerprint density at radius 1 is 0.870 bits per heavy atom. The third-order valence-corrected chi connectivity index (χ3v) is 8.45. The van der Waals surface area contributed by atoms with Gasteiger partial charge in [-0.05, 0) is 77.6 Å². The van der Waals surface area contributed by atoms with E-state index in [9.17, 15) is 27.6 Å². The standard InChI is InChI=1S/C36H41F3N2O5/c1-23(2)33(28-16-18-30(19-17-28)46-36(37,38)39)41-35(45)31(27-14-12-26(13-15-27)25-6-4-3-5-7-25)22-24-8-10-29(11-9-24)34(44)40-21-20-32(42)43/h8-19,23,25,31,33H,3-7,20-22H2,1-2H3,(H,40,44)(H,41,45)(H,42,43). The first kappa shape index (κ1) is 34.5. The molecule has 0 radical (unpaired) electrons. The molecule has 46 heavy (non-hydrogen) atoms. The average molecular weight is 639 g/mol. The summed E-state index contributed by atoms with van der Waals surface area (Å²) in [7, 11) is 0. The number of benzene rings is 3. The Bertz CT molecular complexity index is 1450. The maximum absolute atomic E-state index is 14.0. The number of hydrogen-bond acceptors (Lipinski definition) is 4. The van der Waals surface area contributed by atoms with Crippen LogP contribution in [0.1, 0.15) is 103 Å². The van der Waals surface area contributed by atoms with E-state index in [0.717, 1.165) is 24.0 Å². The summed E-state index contributed by atoms with van der Waals surface area (Å²) in [4.78, 5) is 37.2. The van der Waals surface area contributed by atoms with Crippen molar-refractivity contribution in [2.45, 2.75) is 83.0 Å². The van der Waals surface area contributed by atoms with Gasteiger partial charge in [-0.25, -0.2) is 0 Å². The number of alkyl halides is 3. The zero-order chi connectivity index (χ0) is 33.3. The van der Waals surface area contributed by atoms with E-state index in [1.165, 1.54) is 49.1 Å². The van der Waals surface area contributed by atoms with Crippen LogP contribution in [0.5, 0.6) is 5.75 Å². The molecule has 1 aliphatic carbocycles. The van der Waals surface area contributed by atoms with Crippen LogP contribution < -0.4 is 15.4 Å². The van der Waals surface area contributed by atoms with Crippen LogP contribution >= 0.6 is 0 Å². The van der Waals surface area contributed by atoms with Crippen LogP contribution in [0.3, 0.4) is 0 Å². The fourth-order valence-corrected chi connectivity index (χ4v) is 5.98. The van der Waals surface area contributed by atoms with E-state index in [1.807, 2.05) is 26.0 Å². The van der Waals surface area contributed by atoms with Gasteiger partial charge in [-0.1, -0.05) is 81.6 Å². The number of aliphatic carboxylic acids is 1. The summed E-state index contributed by atoms with van der Waals surface area (Å²) < 4.78 is 42.0. The maximum Gasteiger partial charge on any atom is 0.573 e. The second kappa shape index (κ2) is 15.8. The molecule has 4 rings (SSSR count). The summed E-state index contributed by atoms with van der Waals surface area (Å²) in [6.45, 7) is 3.88. The lowest BCUT2D eigenvalue weighted by Crippen LogP contribution is -2.36. The molecular formula is C36H41F3N2O5. The quantitative estimate of drug-likeness (QED) is 0.178. The zero-order valence-electron chi connectivity index (χ0n) is 26.1. The van der Waals surface area contributed by atoms with Crippen LogP contribution in [0, 0.1) is 5.92 Å². The van der Waals surface area contributed by atoms with Crippen LogP contribution in [-0.4, -0.2) is 35.8 Å². The Kier molecular flexibility index (Phi) is 11.8. The molecule has 3 aromatic carbocycles. The molecule has 2 unspecified atom stereocenters. The van der Waals surface area contributed by atoms with Crippen molar-refractivity contribution in [2.75, 3.05) is 6.54 Å². The number of halogens is 3. The number of amides is 2. The number of rotatable bonds is 13. The molecule has 0 aliphatic heterocycles. The third kappa shape index (κ3) is 10.1. The van der Waals surface area contributed by atoms with Crippen LogP contribution in [0.25, 0.3) is 0 Å². The van der Waals surface area contributed by atoms with Gasteiger partial charge in [0, 0.05) is 12.1 Å². The van der Waals surface area contributed by atoms with Crippen molar-refractivity contribution in [1.29, 1.82) is 0 Å². The highest BCUT2D eigenvalue weighted by Gasteiger charge is 2.31. The summed E-state index contributed by atoms with van der Waals surface area (Å²) >= 11 is 0. The molecule has 2 atom stereocenters. The lowest BCUT2D eigenvalue weighted by molar-refractivity contribution is -0.274. The van der Waals surface area contributed by atoms with Gasteiger partial charge in [-0.2, -0.15) is 0 Å². The molecule has 3 N–H and O–H groups in total. The smallest absolute Gasteiger partial charge is 0.481 e. The molecule has 2 amide bonds. The summed E-state index contributed by atoms with van der Waals surface area (Å²) in [5.41, 5.74) is 3.96. The van der Waals surface area contributed by atoms with Crippen LogP contribution in [0.4, 0.5) is 13.2 Å². The SMILES string of the molecule is CC(C)C(NC(=O)C(Cc1ccc(C(=O)NCCC(=O)O)cc1)c1ccc(C2CCCCC2)cc1)c1ccc(OC(F)(F)F)cc1. The van der Waals surface area contributed by atoms with E-state index < -0.39 is 24.3 Å². The van der Waals surface area contributed by atoms with Crippen molar-refractivity contribution in [2.24, 2.45) is 5.92 Å². The number of hydrogen-bond donors (Lipinski definition) is 3. The maximum atomic E-state index is 14.0. The summed E-state index contributed by atoms with van der Waals surface area (Å²) in [6, 6.07) is 20.2. The molecule has 0 bridgehead atoms. The van der Waals surface area contributed by atoms with Gasteiger partial charge in [0.1, 0.15) is 5.75 Å². The fraction of sp³-hybridized carbons (Fsp3) is 0.417. The number of ether oxygens (including phenoxy) is 1. The Morgan fingerprint density at radius 3 is 2.04 bits per heavy atom. The van der Waals surface area contributed by atoms with Gasteiger partial charge in [0.25, 0.3) is 5.91 Å². The molecular weight excluding hydrogens is 597 g/mol. The van der Waals surface area contributed by atoms with Crippen LogP contribution in [0.15, 0.2) is 72.8 Å². The van der Waals surface area contributed by atoms with Crippen molar-refractivity contribution in [3.63, 3.8) is 0 Å². The van der Waals surface area contributed by atoms with Gasteiger partial charge in [0.15, 0.2) is 0 Å². The van der Waals surface area contributed by atoms with E-state index in [2.05, 4.69) is 27.5 Å². The van der Waals surface area contributed by atoms with Gasteiger partial charge >= 0.3 is 12.3 Å². The lowest BCUT2D eigenvalue weighted by Gasteiger charge is -2.27. The van der Waals surface area contributed by atoms with Crippen molar-refractivity contribution < 1.29 is 37.4 Å². The van der Waals surface area contributed by atoms with Crippen molar-refractivity contribution in [1.82, 2.24) is 10.6 Å². The topological polar surface area (TPSA) is 105 Å². The second-order valence-corrected chi connectivity index (χ2v) is 12.2. The average Bonchev–Trinajstić information content (AvgIpc) is 3.02. The second-order valence-electron chi connectivity index (χ2n) is 12.2. The van der Waals surface area contributed by atoms with Crippen molar-refractivity contribution >= 4 is 17.8 Å². The molecule has 1 saturated carbocycles. The van der Waals surface area contributed by atoms with Crippen molar-refractivity contribution in [3.05, 3.63) is 101 Å². The zero-order valence-corrected chi connectivity index (χ0v) is 26.1. The Labute approximate surface area is 267 Å². The lowest BCUT2D eigenvalue weighted by atomic mass is 9.82. The molecule has 0 aromatic heterocycles. The van der Waals surface area contributed by atoms with Crippen LogP contribution in [-0.2, 0) is 16.0 Å². The summed E-state index contributed by atoms with van der Waals surface area (Å²) in [6.07, 6.45) is 1.37. The van der Waals surface area contributed by atoms with Crippen LogP contribution in [0.2, 0.25) is 0 Å². The first-order valence-electron chi connectivity index (χ1n) is 15.7. The predicted molar refractivity (Wildman–Crippen MR) is 169 cm³/mol. The Morgan fingerprint density at radius 2 is 1.48 bits per heavy atom. The first-order valence-corrected chi connectivity index (χ1v) is 15.7. The normalized spacial score (nSPS) is 15.2. The first-order chi connectivity index (χ1) is 21.9. The third-order valence-electron chi connectivity index (χ3n) is 8.45. The molecule has 0 spiro atoms. The van der Waals surface area contributed by atoms with Gasteiger partial charge in [0.2, 0.25) is 5.91 Å². The molecule has 7 nitrogen and oxygen atoms in total. The molecule has 3 aromatic rings. The number of carboxylic acids is 1. The van der Waals surface area contributed by atoms with Gasteiger partial charge in [-0.3, -0.25) is 14.4 Å². The van der Waals surface area contributed by atoms with Crippen molar-refractivity contribution in [3.8, 4) is 5.75 Å². The molecule has 1 fully saturated rings. The summed E-state index contributed by atoms with van der Waals surface area (Å²) in [5.74, 6) is -2.07. The molecule has 246 valence electrons. The van der Waals surface area contributed by atoms with E-state index in [0.29, 0.717) is 23.5 Å². The van der Waals surface area contributed by atoms with E-state index >= 15 is 0 Å². The fourth-order valence-electron chi connectivity index (χ4n) is 5.98. The van der Waals surface area contributed by atoms with Gasteiger partial charge in [0.05, 0.1) is 18.4 Å². The molecule has 0 heterocycles. The minimum Gasteiger partial charge on any atom is -0.481 e. The minimum atomic E-state index is -4.80. The van der Waals surface area contributed by atoms with E-state index in [1.54, 1.807) is 24.3 Å². The monoisotopic (exact) mass is 638 g/mol. The summed E-state index contributed by atoms with van der Waals surface area (Å²) in [5, 5.41) is 14.5. The number of carbonyl (C=O) groups is 3. The highest BCUT2D eigenvalue weighted by Crippen LogP contribution is 2.34. The predicted octanol–water partition coefficient (Wildman–Crippen LogP) is 7.68. The number of nitrogens with one attached hydrogen (secondary N) is 2. The Balaban J connectivity index is 1.55. The molecule has 10 heteroatoms. The number of carboxylic acid groups (broad SMARTS) is 1. The van der Waals surface area contributed by atoms with E-state index in [4.69, 9.17) is 5.11 Å². The molecule has 0 saturated heterocycles. The van der Waals surface area contributed by atoms with Gasteiger partial charge < -0.3 is 20.5 Å². The van der Waals surface area contributed by atoms with Gasteiger partial charge in [-0.15, -0.1) is 13.2 Å². The number of carbonyl (C=O) groups excluding carboxylic acids is 2. The molecule has 1 aliphatic rings. The highest BCUT2D eigenvalue weighted by molar-refractivity contribution is 5.94. The Hall–Kier alpha value is -4.34. The minimum absolute atomic E-state index is 0.0180. The highest BCUT2D eigenvalue weighted by atomic mass is 19.4. The van der Waals surface area contributed by atoms with E-state index in [-0.39, 0.29) is 36.4 Å². The largest absolute Gasteiger partial charge is 0.573 e.